The van der Waals surface area contributed by atoms with Gasteiger partial charge in [-0.3, -0.25) is 9.69 Å². The minimum Gasteiger partial charge on any atom is -0.497 e. The third kappa shape index (κ3) is 8.04. The van der Waals surface area contributed by atoms with Crippen molar-refractivity contribution in [1.29, 1.82) is 0 Å². The van der Waals surface area contributed by atoms with Crippen molar-refractivity contribution in [2.45, 2.75) is 43.4 Å². The Hall–Kier alpha value is -4.13. The highest BCUT2D eigenvalue weighted by molar-refractivity contribution is 7.89. The standard InChI is InChI=1S/C31H38N4O7S/c1-21(2)18-34(43(39,40)26-14-12-25(41-3)13-15-26)19-28(36)27(16-22-8-5-4-6-9-22)33-30(37)29-20-35(31(38)42-29)24-11-7-10-23(32)17-24/h4-15,17,21,27-29,36H,16,18-20,32H2,1-3H3,(H,33,37)/t27-,28+,29-/m0/s1. The van der Waals surface area contributed by atoms with Gasteiger partial charge >= 0.3 is 6.09 Å². The molecule has 1 saturated heterocycles. The first-order valence-corrected chi connectivity index (χ1v) is 15.4. The molecular weight excluding hydrogens is 572 g/mol. The molecule has 0 aromatic heterocycles. The lowest BCUT2D eigenvalue weighted by Crippen LogP contribution is -2.53. The van der Waals surface area contributed by atoms with Crippen LogP contribution in [0.3, 0.4) is 0 Å². The number of nitrogens with one attached hydrogen (secondary N) is 1. The fourth-order valence-electron chi connectivity index (χ4n) is 4.84. The number of aliphatic hydroxyl groups is 1. The van der Waals surface area contributed by atoms with Gasteiger partial charge in [0.05, 0.1) is 30.7 Å². The van der Waals surface area contributed by atoms with Crippen LogP contribution in [0, 0.1) is 5.92 Å². The number of amides is 2. The number of methoxy groups -OCH3 is 1. The van der Waals surface area contributed by atoms with Crippen LogP contribution in [-0.2, 0) is 26.0 Å². The van der Waals surface area contributed by atoms with Crippen LogP contribution in [-0.4, -0.2) is 74.8 Å². The Morgan fingerprint density at radius 3 is 2.42 bits per heavy atom. The topological polar surface area (TPSA) is 151 Å². The summed E-state index contributed by atoms with van der Waals surface area (Å²) in [4.78, 5) is 27.4. The number of nitrogens with two attached hydrogens (primary N) is 1. The van der Waals surface area contributed by atoms with Gasteiger partial charge < -0.3 is 25.6 Å². The Balaban J connectivity index is 1.55. The van der Waals surface area contributed by atoms with Gasteiger partial charge in [-0.25, -0.2) is 13.2 Å². The Kier molecular flexibility index (Phi) is 10.3. The Morgan fingerprint density at radius 2 is 1.79 bits per heavy atom. The summed E-state index contributed by atoms with van der Waals surface area (Å²) in [5.74, 6) is -0.131. The van der Waals surface area contributed by atoms with E-state index in [0.717, 1.165) is 5.56 Å². The molecular formula is C31H38N4O7S. The van der Waals surface area contributed by atoms with E-state index in [1.807, 2.05) is 44.2 Å². The average molecular weight is 611 g/mol. The van der Waals surface area contributed by atoms with Crippen LogP contribution in [0.4, 0.5) is 16.2 Å². The second-order valence-corrected chi connectivity index (χ2v) is 12.8. The predicted molar refractivity (Wildman–Crippen MR) is 163 cm³/mol. The van der Waals surface area contributed by atoms with Crippen LogP contribution >= 0.6 is 0 Å². The maximum Gasteiger partial charge on any atom is 0.415 e. The predicted octanol–water partition coefficient (Wildman–Crippen LogP) is 3.04. The van der Waals surface area contributed by atoms with Crippen molar-refractivity contribution in [2.24, 2.45) is 5.92 Å². The fourth-order valence-corrected chi connectivity index (χ4v) is 6.46. The summed E-state index contributed by atoms with van der Waals surface area (Å²) in [6.07, 6.45) is -2.92. The molecule has 230 valence electrons. The molecule has 0 radical (unpaired) electrons. The summed E-state index contributed by atoms with van der Waals surface area (Å²) in [5, 5.41) is 14.3. The lowest BCUT2D eigenvalue weighted by molar-refractivity contribution is -0.129. The van der Waals surface area contributed by atoms with E-state index < -0.39 is 40.3 Å². The number of anilines is 2. The van der Waals surface area contributed by atoms with Gasteiger partial charge in [-0.1, -0.05) is 50.2 Å². The molecule has 11 nitrogen and oxygen atoms in total. The smallest absolute Gasteiger partial charge is 0.415 e. The van der Waals surface area contributed by atoms with Crippen molar-refractivity contribution >= 4 is 33.4 Å². The van der Waals surface area contributed by atoms with E-state index in [1.165, 1.54) is 28.4 Å². The third-order valence-electron chi connectivity index (χ3n) is 7.03. The van der Waals surface area contributed by atoms with Gasteiger partial charge in [-0.05, 0) is 60.4 Å². The summed E-state index contributed by atoms with van der Waals surface area (Å²) < 4.78 is 39.1. The molecule has 4 N–H and O–H groups in total. The van der Waals surface area contributed by atoms with Crippen molar-refractivity contribution in [2.75, 3.05) is 37.4 Å². The lowest BCUT2D eigenvalue weighted by atomic mass is 10.0. The minimum atomic E-state index is -4.00. The number of sulfonamides is 1. The Bertz CT molecular complexity index is 1500. The van der Waals surface area contributed by atoms with Gasteiger partial charge in [0.1, 0.15) is 5.75 Å². The molecule has 1 heterocycles. The molecule has 1 aliphatic heterocycles. The Labute approximate surface area is 252 Å². The highest BCUT2D eigenvalue weighted by Crippen LogP contribution is 2.25. The van der Waals surface area contributed by atoms with Gasteiger partial charge in [-0.15, -0.1) is 0 Å². The van der Waals surface area contributed by atoms with Gasteiger partial charge in [0.15, 0.2) is 6.10 Å². The zero-order valence-electron chi connectivity index (χ0n) is 24.4. The van der Waals surface area contributed by atoms with Crippen LogP contribution in [0.15, 0.2) is 83.8 Å². The van der Waals surface area contributed by atoms with Crippen molar-refractivity contribution < 1.29 is 32.6 Å². The number of cyclic esters (lactones) is 1. The van der Waals surface area contributed by atoms with E-state index in [0.29, 0.717) is 17.1 Å². The molecule has 3 aromatic rings. The molecule has 0 aliphatic carbocycles. The zero-order chi connectivity index (χ0) is 31.1. The quantitative estimate of drug-likeness (QED) is 0.250. The first-order chi connectivity index (χ1) is 20.5. The number of rotatable bonds is 13. The van der Waals surface area contributed by atoms with E-state index >= 15 is 0 Å². The SMILES string of the molecule is COc1ccc(S(=O)(=O)N(CC(C)C)C[C@@H](O)[C@H](Cc2ccccc2)NC(=O)[C@@H]2CN(c3cccc(N)c3)C(=O)O2)cc1. The first kappa shape index (κ1) is 31.8. The van der Waals surface area contributed by atoms with E-state index in [2.05, 4.69) is 5.32 Å². The van der Waals surface area contributed by atoms with E-state index in [9.17, 15) is 23.1 Å². The van der Waals surface area contributed by atoms with Gasteiger partial charge in [0, 0.05) is 24.5 Å². The van der Waals surface area contributed by atoms with Crippen molar-refractivity contribution in [3.63, 3.8) is 0 Å². The maximum atomic E-state index is 13.7. The summed E-state index contributed by atoms with van der Waals surface area (Å²) >= 11 is 0. The summed E-state index contributed by atoms with van der Waals surface area (Å²) in [5.41, 5.74) is 7.63. The molecule has 0 bridgehead atoms. The van der Waals surface area contributed by atoms with Crippen LogP contribution in [0.25, 0.3) is 0 Å². The second-order valence-electron chi connectivity index (χ2n) is 10.8. The molecule has 43 heavy (non-hydrogen) atoms. The second kappa shape index (κ2) is 13.9. The average Bonchev–Trinajstić information content (AvgIpc) is 3.38. The number of hydrogen-bond acceptors (Lipinski definition) is 8. The molecule has 3 aromatic carbocycles. The molecule has 3 atom stereocenters. The number of benzene rings is 3. The molecule has 0 unspecified atom stereocenters. The van der Waals surface area contributed by atoms with Crippen LogP contribution in [0.5, 0.6) is 5.75 Å². The largest absolute Gasteiger partial charge is 0.497 e. The summed E-state index contributed by atoms with van der Waals surface area (Å²) in [6, 6.07) is 21.0. The van der Waals surface area contributed by atoms with E-state index in [1.54, 1.807) is 36.4 Å². The molecule has 0 spiro atoms. The molecule has 0 saturated carbocycles. The van der Waals surface area contributed by atoms with Crippen molar-refractivity contribution in [1.82, 2.24) is 9.62 Å². The minimum absolute atomic E-state index is 0.0432. The molecule has 4 rings (SSSR count). The number of nitrogens with zero attached hydrogens (tertiary/aromatic N) is 2. The highest BCUT2D eigenvalue weighted by atomic mass is 32.2. The van der Waals surface area contributed by atoms with Gasteiger partial charge in [0.2, 0.25) is 10.0 Å². The highest BCUT2D eigenvalue weighted by Gasteiger charge is 2.39. The molecule has 1 aliphatic rings. The van der Waals surface area contributed by atoms with Gasteiger partial charge in [0.25, 0.3) is 5.91 Å². The zero-order valence-corrected chi connectivity index (χ0v) is 25.2. The first-order valence-electron chi connectivity index (χ1n) is 14.0. The number of aliphatic hydroxyl groups excluding tert-OH is 1. The van der Waals surface area contributed by atoms with Crippen LogP contribution in [0.2, 0.25) is 0 Å². The molecule has 2 amide bonds. The third-order valence-corrected chi connectivity index (χ3v) is 8.88. The summed E-state index contributed by atoms with van der Waals surface area (Å²) in [7, 11) is -2.50. The normalized spacial score (nSPS) is 16.7. The molecule has 12 heteroatoms. The van der Waals surface area contributed by atoms with Gasteiger partial charge in [-0.2, -0.15) is 4.31 Å². The Morgan fingerprint density at radius 1 is 1.09 bits per heavy atom. The molecule has 1 fully saturated rings. The number of nitrogen functional groups attached to an aromatic ring is 1. The van der Waals surface area contributed by atoms with E-state index in [4.69, 9.17) is 15.2 Å². The van der Waals surface area contributed by atoms with Crippen molar-refractivity contribution in [3.8, 4) is 5.75 Å². The number of carbonyl (C=O) groups is 2. The summed E-state index contributed by atoms with van der Waals surface area (Å²) in [6.45, 7) is 3.59. The number of carbonyl (C=O) groups excluding carboxylic acids is 2. The van der Waals surface area contributed by atoms with E-state index in [-0.39, 0.29) is 36.9 Å². The van der Waals surface area contributed by atoms with Crippen molar-refractivity contribution in [3.05, 3.63) is 84.4 Å². The number of hydrogen-bond donors (Lipinski definition) is 3. The maximum absolute atomic E-state index is 13.7. The van der Waals surface area contributed by atoms with Crippen LogP contribution in [0.1, 0.15) is 19.4 Å². The lowest BCUT2D eigenvalue weighted by Gasteiger charge is -2.31. The fraction of sp³-hybridized carbons (Fsp3) is 0.355. The monoisotopic (exact) mass is 610 g/mol. The number of ether oxygens (including phenoxy) is 2. The van der Waals surface area contributed by atoms with Crippen LogP contribution < -0.4 is 20.7 Å².